The van der Waals surface area contributed by atoms with Crippen LogP contribution in [0.3, 0.4) is 0 Å². The number of rotatable bonds is 5. The van der Waals surface area contributed by atoms with Crippen LogP contribution in [0.5, 0.6) is 0 Å². The molecule has 150 valence electrons. The van der Waals surface area contributed by atoms with E-state index < -0.39 is 0 Å². The Morgan fingerprint density at radius 1 is 1.15 bits per heavy atom. The predicted molar refractivity (Wildman–Crippen MR) is 107 cm³/mol. The first-order valence-corrected chi connectivity index (χ1v) is 10.3. The van der Waals surface area contributed by atoms with Gasteiger partial charge in [0.2, 0.25) is 0 Å². The lowest BCUT2D eigenvalue weighted by Crippen LogP contribution is -2.46. The normalized spacial score (nSPS) is 26.1. The van der Waals surface area contributed by atoms with E-state index in [2.05, 4.69) is 37.8 Å². The van der Waals surface area contributed by atoms with Crippen molar-refractivity contribution in [1.82, 2.24) is 9.80 Å². The summed E-state index contributed by atoms with van der Waals surface area (Å²) in [6, 6.07) is 8.13. The zero-order valence-corrected chi connectivity index (χ0v) is 17.2. The monoisotopic (exact) mass is 374 g/mol. The topological polar surface area (TPSA) is 42.0 Å². The summed E-state index contributed by atoms with van der Waals surface area (Å²) < 4.78 is 11.7. The van der Waals surface area contributed by atoms with E-state index in [0.29, 0.717) is 0 Å². The number of benzene rings is 1. The van der Waals surface area contributed by atoms with Crippen molar-refractivity contribution in [3.63, 3.8) is 0 Å². The van der Waals surface area contributed by atoms with Crippen molar-refractivity contribution in [2.24, 2.45) is 0 Å². The average molecular weight is 375 g/mol. The summed E-state index contributed by atoms with van der Waals surface area (Å²) in [5, 5.41) is 0. The lowest BCUT2D eigenvalue weighted by atomic mass is 9.93. The lowest BCUT2D eigenvalue weighted by Gasteiger charge is -2.39. The first kappa shape index (κ1) is 20.3. The molecule has 2 heterocycles. The zero-order valence-electron chi connectivity index (χ0n) is 17.2. The standard InChI is InChI=1S/C22H34N2O3/c1-5-26-22(4)10-12-24(13-11-22)21(25)20-8-6-19(7-9-20)16-23-14-17(2)27-18(3)15-23/h6-9,17-18H,5,10-16H2,1-4H3. The van der Waals surface area contributed by atoms with Gasteiger partial charge < -0.3 is 14.4 Å². The Hall–Kier alpha value is -1.43. The molecule has 2 aliphatic rings. The number of amides is 1. The molecule has 0 aliphatic carbocycles. The molecule has 0 bridgehead atoms. The van der Waals surface area contributed by atoms with E-state index >= 15 is 0 Å². The molecule has 0 aromatic heterocycles. The van der Waals surface area contributed by atoms with E-state index in [1.807, 2.05) is 24.0 Å². The molecule has 2 saturated heterocycles. The molecule has 5 nitrogen and oxygen atoms in total. The van der Waals surface area contributed by atoms with E-state index in [-0.39, 0.29) is 23.7 Å². The van der Waals surface area contributed by atoms with Gasteiger partial charge in [-0.05, 0) is 58.2 Å². The Bertz CT molecular complexity index is 613. The zero-order chi connectivity index (χ0) is 19.4. The minimum Gasteiger partial charge on any atom is -0.375 e. The van der Waals surface area contributed by atoms with Gasteiger partial charge in [0.1, 0.15) is 0 Å². The summed E-state index contributed by atoms with van der Waals surface area (Å²) in [5.74, 6) is 0.133. The van der Waals surface area contributed by atoms with Crippen LogP contribution in [0.4, 0.5) is 0 Å². The van der Waals surface area contributed by atoms with Gasteiger partial charge in [-0.15, -0.1) is 0 Å². The van der Waals surface area contributed by atoms with Crippen LogP contribution in [0.1, 0.15) is 56.5 Å². The SMILES string of the molecule is CCOC1(C)CCN(C(=O)c2ccc(CN3CC(C)OC(C)C3)cc2)CC1. The van der Waals surface area contributed by atoms with E-state index in [1.54, 1.807) is 0 Å². The highest BCUT2D eigenvalue weighted by atomic mass is 16.5. The highest BCUT2D eigenvalue weighted by Crippen LogP contribution is 2.26. The van der Waals surface area contributed by atoms with Crippen molar-refractivity contribution in [1.29, 1.82) is 0 Å². The van der Waals surface area contributed by atoms with Crippen LogP contribution in [0.15, 0.2) is 24.3 Å². The number of nitrogens with zero attached hydrogens (tertiary/aromatic N) is 2. The van der Waals surface area contributed by atoms with Crippen LogP contribution < -0.4 is 0 Å². The minimum atomic E-state index is -0.0815. The van der Waals surface area contributed by atoms with Gasteiger partial charge in [0.15, 0.2) is 0 Å². The molecule has 2 fully saturated rings. The molecule has 1 aromatic carbocycles. The Morgan fingerprint density at radius 3 is 2.30 bits per heavy atom. The number of carbonyl (C=O) groups is 1. The van der Waals surface area contributed by atoms with Crippen molar-refractivity contribution in [3.05, 3.63) is 35.4 Å². The molecule has 3 rings (SSSR count). The van der Waals surface area contributed by atoms with E-state index in [4.69, 9.17) is 9.47 Å². The third kappa shape index (κ3) is 5.31. The van der Waals surface area contributed by atoms with E-state index in [0.717, 1.165) is 57.7 Å². The van der Waals surface area contributed by atoms with Gasteiger partial charge >= 0.3 is 0 Å². The molecule has 2 unspecified atom stereocenters. The first-order chi connectivity index (χ1) is 12.9. The number of piperidine rings is 1. The van der Waals surface area contributed by atoms with Gasteiger partial charge in [0.25, 0.3) is 5.91 Å². The first-order valence-electron chi connectivity index (χ1n) is 10.3. The van der Waals surface area contributed by atoms with Gasteiger partial charge in [0.05, 0.1) is 17.8 Å². The number of carbonyl (C=O) groups excluding carboxylic acids is 1. The fourth-order valence-corrected chi connectivity index (χ4v) is 4.28. The van der Waals surface area contributed by atoms with Crippen LogP contribution in [0.25, 0.3) is 0 Å². The Kier molecular flexibility index (Phi) is 6.56. The second-order valence-corrected chi connectivity index (χ2v) is 8.32. The number of ether oxygens (including phenoxy) is 2. The molecule has 2 atom stereocenters. The average Bonchev–Trinajstić information content (AvgIpc) is 2.62. The minimum absolute atomic E-state index is 0.0815. The summed E-state index contributed by atoms with van der Waals surface area (Å²) >= 11 is 0. The van der Waals surface area contributed by atoms with Crippen LogP contribution >= 0.6 is 0 Å². The molecule has 5 heteroatoms. The summed E-state index contributed by atoms with van der Waals surface area (Å²) in [5.41, 5.74) is 1.94. The van der Waals surface area contributed by atoms with Crippen LogP contribution in [0.2, 0.25) is 0 Å². The number of hydrogen-bond donors (Lipinski definition) is 0. The third-order valence-electron chi connectivity index (χ3n) is 5.70. The number of morpholine rings is 1. The second kappa shape index (κ2) is 8.72. The molecule has 0 radical (unpaired) electrons. The number of likely N-dealkylation sites (tertiary alicyclic amines) is 1. The fraction of sp³-hybridized carbons (Fsp3) is 0.682. The highest BCUT2D eigenvalue weighted by molar-refractivity contribution is 5.94. The molecule has 0 N–H and O–H groups in total. The van der Waals surface area contributed by atoms with Crippen LogP contribution in [-0.2, 0) is 16.0 Å². The van der Waals surface area contributed by atoms with Gasteiger partial charge in [-0.2, -0.15) is 0 Å². The van der Waals surface area contributed by atoms with Crippen LogP contribution in [0, 0.1) is 0 Å². The van der Waals surface area contributed by atoms with Gasteiger partial charge in [-0.1, -0.05) is 12.1 Å². The Labute approximate surface area is 163 Å². The third-order valence-corrected chi connectivity index (χ3v) is 5.70. The van der Waals surface area contributed by atoms with Crippen molar-refractivity contribution < 1.29 is 14.3 Å². The van der Waals surface area contributed by atoms with Crippen molar-refractivity contribution in [2.75, 3.05) is 32.8 Å². The molecule has 0 spiro atoms. The summed E-state index contributed by atoms with van der Waals surface area (Å²) in [6.07, 6.45) is 2.35. The van der Waals surface area contributed by atoms with Crippen molar-refractivity contribution in [2.45, 2.75) is 64.9 Å². The molecule has 1 amide bonds. The van der Waals surface area contributed by atoms with E-state index in [9.17, 15) is 4.79 Å². The molecule has 27 heavy (non-hydrogen) atoms. The highest BCUT2D eigenvalue weighted by Gasteiger charge is 2.32. The molecule has 1 aromatic rings. The Morgan fingerprint density at radius 2 is 1.74 bits per heavy atom. The quantitative estimate of drug-likeness (QED) is 0.793. The maximum absolute atomic E-state index is 12.8. The number of hydrogen-bond acceptors (Lipinski definition) is 4. The molecular formula is C22H34N2O3. The maximum Gasteiger partial charge on any atom is 0.253 e. The molecule has 0 saturated carbocycles. The smallest absolute Gasteiger partial charge is 0.253 e. The van der Waals surface area contributed by atoms with Gasteiger partial charge in [-0.25, -0.2) is 0 Å². The predicted octanol–water partition coefficient (Wildman–Crippen LogP) is 3.33. The summed E-state index contributed by atoms with van der Waals surface area (Å²) in [7, 11) is 0. The second-order valence-electron chi connectivity index (χ2n) is 8.32. The fourth-order valence-electron chi connectivity index (χ4n) is 4.28. The van der Waals surface area contributed by atoms with Crippen molar-refractivity contribution in [3.8, 4) is 0 Å². The Balaban J connectivity index is 1.55. The van der Waals surface area contributed by atoms with Gasteiger partial charge in [0, 0.05) is 44.9 Å². The largest absolute Gasteiger partial charge is 0.375 e. The summed E-state index contributed by atoms with van der Waals surface area (Å²) in [4.78, 5) is 17.2. The molecular weight excluding hydrogens is 340 g/mol. The molecule has 2 aliphatic heterocycles. The summed E-state index contributed by atoms with van der Waals surface area (Å²) in [6.45, 7) is 13.5. The maximum atomic E-state index is 12.8. The van der Waals surface area contributed by atoms with Gasteiger partial charge in [-0.3, -0.25) is 9.69 Å². The van der Waals surface area contributed by atoms with Crippen LogP contribution in [-0.4, -0.2) is 66.3 Å². The van der Waals surface area contributed by atoms with E-state index in [1.165, 1.54) is 5.56 Å². The lowest BCUT2D eigenvalue weighted by molar-refractivity contribution is -0.0704. The van der Waals surface area contributed by atoms with Crippen molar-refractivity contribution >= 4 is 5.91 Å².